The van der Waals surface area contributed by atoms with E-state index in [1.165, 1.54) is 237 Å². The van der Waals surface area contributed by atoms with Gasteiger partial charge in [0.05, 0.1) is 39.5 Å². The van der Waals surface area contributed by atoms with Crippen LogP contribution in [0.3, 0.4) is 0 Å². The van der Waals surface area contributed by atoms with Gasteiger partial charge in [-0.2, -0.15) is 19.6 Å². The Morgan fingerprint density at radius 2 is 0.908 bits per heavy atom. The molecule has 4 aromatic carbocycles. The number of nitrogens with zero attached hydrogens (tertiary/aromatic N) is 9. The summed E-state index contributed by atoms with van der Waals surface area (Å²) in [4.78, 5) is 64.7. The quantitative estimate of drug-likeness (QED) is 0.0138. The van der Waals surface area contributed by atoms with Crippen LogP contribution in [0.15, 0.2) is 94.7 Å². The number of carbonyl (C=O) groups is 4. The van der Waals surface area contributed by atoms with Crippen molar-refractivity contribution in [1.29, 1.82) is 0 Å². The Balaban J connectivity index is 0.000000180. The van der Waals surface area contributed by atoms with Crippen molar-refractivity contribution in [2.75, 3.05) is 211 Å². The van der Waals surface area contributed by atoms with Gasteiger partial charge in [0.25, 0.3) is 0 Å². The molecule has 9 aliphatic rings. The highest BCUT2D eigenvalue weighted by atomic mass is 32.2. The molecule has 1 atom stereocenters. The predicted molar refractivity (Wildman–Crippen MR) is 512 cm³/mol. The summed E-state index contributed by atoms with van der Waals surface area (Å²) < 4.78 is 21.1. The van der Waals surface area contributed by atoms with Crippen LogP contribution in [-0.4, -0.2) is 275 Å². The van der Waals surface area contributed by atoms with E-state index in [0.717, 1.165) is 154 Å². The number of unbranched alkanes of at least 4 members (excludes halogenated alkanes) is 6. The molecule has 20 heteroatoms. The van der Waals surface area contributed by atoms with Crippen molar-refractivity contribution in [1.82, 2.24) is 29.4 Å². The number of esters is 3. The highest BCUT2D eigenvalue weighted by molar-refractivity contribution is 7.99. The summed E-state index contributed by atoms with van der Waals surface area (Å²) in [6, 6.07) is 31.5. The average Bonchev–Trinajstić information content (AvgIpc) is 1.26. The van der Waals surface area contributed by atoms with E-state index < -0.39 is 0 Å². The monoisotopic (exact) mass is 1720 g/mol. The van der Waals surface area contributed by atoms with Crippen molar-refractivity contribution < 1.29 is 38.1 Å². The number of fused-ring (bicyclic) bond motifs is 1. The fourth-order valence-corrected chi connectivity index (χ4v) is 25.5. The normalized spacial score (nSPS) is 20.0. The molecule has 0 spiro atoms. The molecule has 13 rings (SSSR count). The third kappa shape index (κ3) is 37.0. The van der Waals surface area contributed by atoms with Gasteiger partial charge >= 0.3 is 17.9 Å². The van der Waals surface area contributed by atoms with Crippen molar-refractivity contribution in [3.8, 4) is 5.75 Å². The summed E-state index contributed by atoms with van der Waals surface area (Å²) in [5.74, 6) is 10.8. The summed E-state index contributed by atoms with van der Waals surface area (Å²) in [5, 5.41) is 15.8. The molecule has 7 saturated heterocycles. The molecule has 7 heterocycles. The largest absolute Gasteiger partial charge is 0.662 e. The van der Waals surface area contributed by atoms with Crippen molar-refractivity contribution in [3.63, 3.8) is 0 Å². The van der Waals surface area contributed by atoms with E-state index in [0.29, 0.717) is 60.5 Å². The molecule has 0 bridgehead atoms. The second-order valence-electron chi connectivity index (χ2n) is 36.0. The Labute approximate surface area is 738 Å². The van der Waals surface area contributed by atoms with Crippen LogP contribution in [0.5, 0.6) is 5.75 Å². The Morgan fingerprint density at radius 3 is 1.37 bits per heavy atom. The molecule has 2 aliphatic carbocycles. The Hall–Kier alpha value is -4.29. The molecule has 2 saturated carbocycles. The van der Waals surface area contributed by atoms with E-state index in [2.05, 4.69) is 186 Å². The maximum Gasteiger partial charge on any atom is 0.323 e. The van der Waals surface area contributed by atoms with Gasteiger partial charge in [0.15, 0.2) is 14.5 Å². The first-order chi connectivity index (χ1) is 58.4. The first-order valence-corrected chi connectivity index (χ1v) is 52.8. The molecule has 0 N–H and O–H groups in total. The Kier molecular flexibility index (Phi) is 49.0. The second-order valence-corrected chi connectivity index (χ2v) is 43.3. The maximum atomic E-state index is 12.9. The number of hydrogen-bond acceptors (Lipinski definition) is 14. The van der Waals surface area contributed by atoms with Gasteiger partial charge in [0.2, 0.25) is 5.78 Å². The van der Waals surface area contributed by atoms with Crippen LogP contribution < -0.4 is 4.74 Å². The Morgan fingerprint density at radius 1 is 0.458 bits per heavy atom. The van der Waals surface area contributed by atoms with Gasteiger partial charge in [-0.1, -0.05) is 173 Å². The average molecular weight is 1720 g/mol. The van der Waals surface area contributed by atoms with Crippen molar-refractivity contribution in [2.45, 2.75) is 268 Å². The number of carbonyl (C=O) groups excluding carboxylic acids is 4. The number of Topliss-reactive ketones (excluding diaryl/α,β-unsaturated/α-hetero) is 1. The highest BCUT2D eigenvalue weighted by Crippen LogP contribution is 2.38. The first-order valence-electron chi connectivity index (χ1n) is 48.1. The fourth-order valence-electron chi connectivity index (χ4n) is 18.0. The lowest BCUT2D eigenvalue weighted by Gasteiger charge is -2.36. The zero-order valence-electron chi connectivity index (χ0n) is 77.0. The minimum atomic E-state index is -0.178. The van der Waals surface area contributed by atoms with Crippen LogP contribution in [0.1, 0.15) is 264 Å². The minimum Gasteiger partial charge on any atom is -0.662 e. The molecular weight excluding hydrogens is 1550 g/mol. The first kappa shape index (κ1) is 101. The third-order valence-corrected chi connectivity index (χ3v) is 33.8. The van der Waals surface area contributed by atoms with Gasteiger partial charge < -0.3 is 49.6 Å². The number of rotatable bonds is 37. The van der Waals surface area contributed by atoms with E-state index in [1.807, 2.05) is 13.8 Å². The van der Waals surface area contributed by atoms with Gasteiger partial charge in [-0.3, -0.25) is 33.9 Å². The van der Waals surface area contributed by atoms with Gasteiger partial charge in [-0.25, -0.2) is 0 Å². The van der Waals surface area contributed by atoms with E-state index in [9.17, 15) is 19.2 Å². The topological polar surface area (TPSA) is 167 Å². The molecule has 676 valence electrons. The number of cyclic esters (lactones) is 1. The van der Waals surface area contributed by atoms with Gasteiger partial charge in [-0.15, -0.1) is 19.6 Å². The summed E-state index contributed by atoms with van der Waals surface area (Å²) >= 11 is 0. The number of benzene rings is 4. The van der Waals surface area contributed by atoms with E-state index in [-0.39, 0.29) is 45.0 Å². The summed E-state index contributed by atoms with van der Waals surface area (Å²) in [7, 11) is 1.31. The molecule has 0 amide bonds. The van der Waals surface area contributed by atoms with Crippen LogP contribution in [0, 0.1) is 5.92 Å². The lowest BCUT2D eigenvalue weighted by atomic mass is 9.83. The van der Waals surface area contributed by atoms with E-state index in [4.69, 9.17) is 18.9 Å². The van der Waals surface area contributed by atoms with Crippen molar-refractivity contribution in [2.24, 2.45) is 5.92 Å². The molecular formula is C100H165N9O8S3. The van der Waals surface area contributed by atoms with E-state index >= 15 is 0 Å². The van der Waals surface area contributed by atoms with E-state index in [1.54, 1.807) is 9.79 Å². The molecule has 7 aliphatic heterocycles. The minimum absolute atomic E-state index is 0.0156. The summed E-state index contributed by atoms with van der Waals surface area (Å²) in [6.07, 6.45) is 34.1. The summed E-state index contributed by atoms with van der Waals surface area (Å²) in [6.45, 7) is 46.3. The number of piperazine rings is 3. The van der Waals surface area contributed by atoms with Gasteiger partial charge in [-0.05, 0) is 190 Å². The molecule has 120 heavy (non-hydrogen) atoms. The fraction of sp³-hybridized carbons (Fsp3) is 0.740. The molecule has 4 aromatic rings. The Bertz CT molecular complexity index is 3350. The van der Waals surface area contributed by atoms with Crippen LogP contribution in [0.4, 0.5) is 0 Å². The SMILES string of the molecule is CC(C)(C(=O)c1ccc(C2CCCCC2)cc1)[S+]1CCCC1.CC(C)(C)c1ccc([S+]2CCCC2)cc1.CC[N-]CCCCCN1CCN(C2CCOC2=O)CC1.CC[N-]CCCCCN1CCN(CC(=O)OCC)CC1.CC[N-]CCCCCN1CCN(CC(=O)OCC)CC1.c1ccc2c([S+]3CCCC3)ccc(OCC3CCCCC3)c2c1. The standard InChI is InChI=1S/C21H27OS.C20H29OS.C15H28N3O2.2C15H30N3O2.C14H21S/c1-2-8-17(9-3-1)16-22-20-12-13-21(23-14-6-7-15-23)19-11-5-4-10-18(19)20;1-20(2,22-14-6-7-15-22)19(21)18-12-10-17(11-13-18)16-8-4-3-5-9-16;1-2-16-7-4-3-5-8-17-9-11-18(12-10-17)14-6-13-20-15(14)19;2*1-3-16-8-6-5-7-9-17-10-12-18(13-11-17)14-15(19)20-4-2;1-14(2,3)12-6-8-13(9-7-12)15-10-4-5-11-15/h4-5,10-13,17H,1-3,6-9,14-16H2;10-13,16H,3-9,14-15H2,1-2H3;14H,2-13H2,1H3;2*3-14H2,1-2H3;6-9H,4-5,10-11H2,1-3H3/q2*+1;3*-1;+1. The molecule has 9 fully saturated rings. The second kappa shape index (κ2) is 58.1. The van der Waals surface area contributed by atoms with Gasteiger partial charge in [0, 0.05) is 134 Å². The van der Waals surface area contributed by atoms with Crippen LogP contribution in [0.25, 0.3) is 26.7 Å². The lowest BCUT2D eigenvalue weighted by Crippen LogP contribution is -2.51. The number of hydrogen-bond donors (Lipinski definition) is 0. The maximum absolute atomic E-state index is 12.9. The lowest BCUT2D eigenvalue weighted by molar-refractivity contribution is -0.145. The predicted octanol–water partition coefficient (Wildman–Crippen LogP) is 19.4. The van der Waals surface area contributed by atoms with Crippen LogP contribution >= 0.6 is 0 Å². The number of ether oxygens (including phenoxy) is 4. The molecule has 17 nitrogen and oxygen atoms in total. The van der Waals surface area contributed by atoms with Crippen molar-refractivity contribution >= 4 is 67.1 Å². The summed E-state index contributed by atoms with van der Waals surface area (Å²) in [5.41, 5.74) is 4.10. The smallest absolute Gasteiger partial charge is 0.323 e. The zero-order valence-corrected chi connectivity index (χ0v) is 79.5. The number of ketones is 1. The van der Waals surface area contributed by atoms with Gasteiger partial charge in [0.1, 0.15) is 46.3 Å². The molecule has 0 aromatic heterocycles. The van der Waals surface area contributed by atoms with Crippen molar-refractivity contribution in [3.05, 3.63) is 118 Å². The molecule has 0 radical (unpaired) electrons. The molecule has 1 unspecified atom stereocenters. The zero-order chi connectivity index (χ0) is 85.4. The third-order valence-electron chi connectivity index (χ3n) is 25.6. The highest BCUT2D eigenvalue weighted by Gasteiger charge is 2.47. The van der Waals surface area contributed by atoms with Crippen LogP contribution in [-0.2, 0) is 66.7 Å². The van der Waals surface area contributed by atoms with Crippen LogP contribution in [0.2, 0.25) is 0 Å².